The third-order valence-electron chi connectivity index (χ3n) is 2.74. The number of nitrogens with one attached hydrogen (secondary N) is 1. The molecule has 2 aromatic carbocycles. The van der Waals surface area contributed by atoms with Gasteiger partial charge in [-0.1, -0.05) is 36.9 Å². The second-order valence-electron chi connectivity index (χ2n) is 4.35. The molecule has 0 fully saturated rings. The van der Waals surface area contributed by atoms with E-state index in [1.807, 2.05) is 0 Å². The van der Waals surface area contributed by atoms with Gasteiger partial charge >= 0.3 is 0 Å². The maximum Gasteiger partial charge on any atom is 0.275 e. The summed E-state index contributed by atoms with van der Waals surface area (Å²) in [5.74, 6) is -0.260. The van der Waals surface area contributed by atoms with Crippen LogP contribution in [0.2, 0.25) is 0 Å². The predicted molar refractivity (Wildman–Crippen MR) is 83.6 cm³/mol. The van der Waals surface area contributed by atoms with Crippen LogP contribution in [-0.2, 0) is 0 Å². The van der Waals surface area contributed by atoms with Crippen LogP contribution in [0.1, 0.15) is 15.9 Å². The molecule has 0 bridgehead atoms. The fraction of sp³-hybridized carbons (Fsp3) is 0.0588. The first-order chi connectivity index (χ1) is 10.7. The summed E-state index contributed by atoms with van der Waals surface area (Å²) in [6.07, 6.45) is 3.03. The number of hydrazone groups is 1. The second-order valence-corrected chi connectivity index (χ2v) is 4.35. The normalized spacial score (nSPS) is 10.4. The smallest absolute Gasteiger partial charge is 0.275 e. The number of hydrogen-bond acceptors (Lipinski definition) is 3. The zero-order chi connectivity index (χ0) is 15.8. The second kappa shape index (κ2) is 7.73. The Balaban J connectivity index is 2.03. The van der Waals surface area contributed by atoms with Gasteiger partial charge in [-0.15, -0.1) is 0 Å². The highest BCUT2D eigenvalue weighted by molar-refractivity contribution is 5.97. The number of benzene rings is 2. The Morgan fingerprint density at radius 1 is 1.23 bits per heavy atom. The molecule has 0 aliphatic carbocycles. The van der Waals surface area contributed by atoms with Gasteiger partial charge in [0.05, 0.1) is 11.8 Å². The van der Waals surface area contributed by atoms with Gasteiger partial charge < -0.3 is 4.74 Å². The first kappa shape index (κ1) is 15.4. The van der Waals surface area contributed by atoms with Crippen molar-refractivity contribution in [1.29, 1.82) is 0 Å². The minimum atomic E-state index is -0.391. The summed E-state index contributed by atoms with van der Waals surface area (Å²) in [4.78, 5) is 12.1. The molecule has 0 aromatic heterocycles. The summed E-state index contributed by atoms with van der Waals surface area (Å²) in [6.45, 7) is 3.87. The zero-order valence-corrected chi connectivity index (χ0v) is 11.8. The average Bonchev–Trinajstić information content (AvgIpc) is 2.55. The SMILES string of the molecule is C=CCOc1ccccc1C(=O)N/N=C/c1ccc(F)cc1. The molecule has 0 saturated carbocycles. The number of halogens is 1. The minimum Gasteiger partial charge on any atom is -0.489 e. The molecule has 2 rings (SSSR count). The summed E-state index contributed by atoms with van der Waals surface area (Å²) in [6, 6.07) is 12.6. The van der Waals surface area contributed by atoms with E-state index in [2.05, 4.69) is 17.1 Å². The Labute approximate surface area is 127 Å². The summed E-state index contributed by atoms with van der Waals surface area (Å²) in [5.41, 5.74) is 3.46. The third-order valence-corrected chi connectivity index (χ3v) is 2.74. The topological polar surface area (TPSA) is 50.7 Å². The van der Waals surface area contributed by atoms with Crippen molar-refractivity contribution in [1.82, 2.24) is 5.43 Å². The number of para-hydroxylation sites is 1. The number of carbonyl (C=O) groups excluding carboxylic acids is 1. The molecule has 0 saturated heterocycles. The lowest BCUT2D eigenvalue weighted by Crippen LogP contribution is -2.18. The van der Waals surface area contributed by atoms with Gasteiger partial charge in [-0.05, 0) is 29.8 Å². The quantitative estimate of drug-likeness (QED) is 0.506. The number of hydrogen-bond donors (Lipinski definition) is 1. The van der Waals surface area contributed by atoms with Crippen LogP contribution >= 0.6 is 0 Å². The lowest BCUT2D eigenvalue weighted by molar-refractivity contribution is 0.0951. The van der Waals surface area contributed by atoms with E-state index in [1.54, 1.807) is 42.5 Å². The average molecular weight is 298 g/mol. The van der Waals surface area contributed by atoms with Crippen molar-refractivity contribution in [3.8, 4) is 5.75 Å². The standard InChI is InChI=1S/C17H15FN2O2/c1-2-11-22-16-6-4-3-5-15(16)17(21)20-19-12-13-7-9-14(18)10-8-13/h2-10,12H,1,11H2,(H,20,21)/b19-12+. The fourth-order valence-corrected chi connectivity index (χ4v) is 1.70. The summed E-state index contributed by atoms with van der Waals surface area (Å²) < 4.78 is 18.2. The Morgan fingerprint density at radius 2 is 1.95 bits per heavy atom. The van der Waals surface area contributed by atoms with Crippen LogP contribution in [0.15, 0.2) is 66.3 Å². The van der Waals surface area contributed by atoms with Crippen molar-refractivity contribution in [3.63, 3.8) is 0 Å². The monoisotopic (exact) mass is 298 g/mol. The Bertz CT molecular complexity index is 681. The molecule has 2 aromatic rings. The number of rotatable bonds is 6. The van der Waals surface area contributed by atoms with Gasteiger partial charge in [0, 0.05) is 0 Å². The molecule has 1 N–H and O–H groups in total. The molecule has 4 nitrogen and oxygen atoms in total. The van der Waals surface area contributed by atoms with E-state index in [0.29, 0.717) is 23.5 Å². The molecule has 5 heteroatoms. The summed E-state index contributed by atoms with van der Waals surface area (Å²) in [7, 11) is 0. The Morgan fingerprint density at radius 3 is 2.68 bits per heavy atom. The highest BCUT2D eigenvalue weighted by atomic mass is 19.1. The first-order valence-electron chi connectivity index (χ1n) is 6.62. The van der Waals surface area contributed by atoms with Crippen LogP contribution in [-0.4, -0.2) is 18.7 Å². The van der Waals surface area contributed by atoms with Gasteiger partial charge in [-0.2, -0.15) is 5.10 Å². The molecule has 0 heterocycles. The molecule has 1 amide bonds. The molecule has 0 unspecified atom stereocenters. The maximum absolute atomic E-state index is 12.8. The van der Waals surface area contributed by atoms with E-state index in [1.165, 1.54) is 18.3 Å². The number of amides is 1. The van der Waals surface area contributed by atoms with Crippen molar-refractivity contribution in [2.75, 3.05) is 6.61 Å². The highest BCUT2D eigenvalue weighted by Gasteiger charge is 2.10. The molecule has 112 valence electrons. The van der Waals surface area contributed by atoms with Crippen LogP contribution in [0.25, 0.3) is 0 Å². The molecule has 0 radical (unpaired) electrons. The van der Waals surface area contributed by atoms with Crippen LogP contribution in [0.4, 0.5) is 4.39 Å². The minimum absolute atomic E-state index is 0.309. The summed E-state index contributed by atoms with van der Waals surface area (Å²) in [5, 5.41) is 3.85. The van der Waals surface area contributed by atoms with Gasteiger partial charge in [-0.25, -0.2) is 9.82 Å². The lowest BCUT2D eigenvalue weighted by atomic mass is 10.2. The molecular formula is C17H15FN2O2. The van der Waals surface area contributed by atoms with Crippen molar-refractivity contribution >= 4 is 12.1 Å². The number of nitrogens with zero attached hydrogens (tertiary/aromatic N) is 1. The van der Waals surface area contributed by atoms with E-state index >= 15 is 0 Å². The fourth-order valence-electron chi connectivity index (χ4n) is 1.70. The zero-order valence-electron chi connectivity index (χ0n) is 11.8. The van der Waals surface area contributed by atoms with Crippen molar-refractivity contribution in [2.45, 2.75) is 0 Å². The molecule has 0 spiro atoms. The number of carbonyl (C=O) groups is 1. The van der Waals surface area contributed by atoms with Crippen molar-refractivity contribution < 1.29 is 13.9 Å². The first-order valence-corrected chi connectivity index (χ1v) is 6.62. The van der Waals surface area contributed by atoms with E-state index < -0.39 is 5.91 Å². The van der Waals surface area contributed by atoms with E-state index in [0.717, 1.165) is 0 Å². The predicted octanol–water partition coefficient (Wildman–Crippen LogP) is 3.15. The lowest BCUT2D eigenvalue weighted by Gasteiger charge is -2.08. The van der Waals surface area contributed by atoms with Gasteiger partial charge in [0.25, 0.3) is 5.91 Å². The van der Waals surface area contributed by atoms with Crippen LogP contribution in [0.5, 0.6) is 5.75 Å². The molecule has 22 heavy (non-hydrogen) atoms. The van der Waals surface area contributed by atoms with Crippen LogP contribution < -0.4 is 10.2 Å². The highest BCUT2D eigenvalue weighted by Crippen LogP contribution is 2.17. The van der Waals surface area contributed by atoms with Gasteiger partial charge in [-0.3, -0.25) is 4.79 Å². The molecule has 0 atom stereocenters. The third kappa shape index (κ3) is 4.28. The van der Waals surface area contributed by atoms with Crippen molar-refractivity contribution in [3.05, 3.63) is 78.1 Å². The van der Waals surface area contributed by atoms with Gasteiger partial charge in [0.1, 0.15) is 18.2 Å². The van der Waals surface area contributed by atoms with E-state index in [4.69, 9.17) is 4.74 Å². The maximum atomic E-state index is 12.8. The van der Waals surface area contributed by atoms with Gasteiger partial charge in [0.15, 0.2) is 0 Å². The molecule has 0 aliphatic heterocycles. The van der Waals surface area contributed by atoms with Crippen molar-refractivity contribution in [2.24, 2.45) is 5.10 Å². The van der Waals surface area contributed by atoms with E-state index in [9.17, 15) is 9.18 Å². The largest absolute Gasteiger partial charge is 0.489 e. The van der Waals surface area contributed by atoms with Gasteiger partial charge in [0.2, 0.25) is 0 Å². The molecule has 0 aliphatic rings. The molecular weight excluding hydrogens is 283 g/mol. The van der Waals surface area contributed by atoms with Crippen LogP contribution in [0.3, 0.4) is 0 Å². The Hall–Kier alpha value is -2.95. The van der Waals surface area contributed by atoms with E-state index in [-0.39, 0.29) is 5.82 Å². The summed E-state index contributed by atoms with van der Waals surface area (Å²) >= 11 is 0. The Kier molecular flexibility index (Phi) is 5.43. The number of ether oxygens (including phenoxy) is 1. The van der Waals surface area contributed by atoms with Crippen LogP contribution in [0, 0.1) is 5.82 Å².